The van der Waals surface area contributed by atoms with Gasteiger partial charge < -0.3 is 25.2 Å². The van der Waals surface area contributed by atoms with Crippen molar-refractivity contribution in [2.75, 3.05) is 0 Å². The number of aliphatic carboxylic acids is 1. The van der Waals surface area contributed by atoms with Gasteiger partial charge in [-0.15, -0.1) is 0 Å². The average Bonchev–Trinajstić information content (AvgIpc) is 3.37. The zero-order valence-electron chi connectivity index (χ0n) is 16.9. The Balaban J connectivity index is 1.68. The number of ether oxygens (including phenoxy) is 1. The summed E-state index contributed by atoms with van der Waals surface area (Å²) >= 11 is 0. The zero-order chi connectivity index (χ0) is 20.6. The molecule has 4 unspecified atom stereocenters. The lowest BCUT2D eigenvalue weighted by atomic mass is 9.47. The molecule has 1 saturated heterocycles. The number of hydrogen-bond acceptors (Lipinski definition) is 5. The molecule has 0 aromatic heterocycles. The molecule has 4 rings (SSSR count). The minimum absolute atomic E-state index is 0.000837. The van der Waals surface area contributed by atoms with Gasteiger partial charge in [-0.05, 0) is 62.4 Å². The Hall–Kier alpha value is -1.21. The quantitative estimate of drug-likeness (QED) is 0.432. The van der Waals surface area contributed by atoms with E-state index in [-0.39, 0.29) is 22.8 Å². The van der Waals surface area contributed by atoms with Gasteiger partial charge in [0.1, 0.15) is 30.0 Å². The Bertz CT molecular complexity index is 745. The van der Waals surface area contributed by atoms with E-state index >= 15 is 0 Å². The molecule has 1 heterocycles. The molecule has 4 N–H and O–H groups in total. The first kappa shape index (κ1) is 20.1. The first-order chi connectivity index (χ1) is 13.0. The number of epoxide rings is 1. The molecule has 0 aromatic carbocycles. The van der Waals surface area contributed by atoms with Crippen LogP contribution in [0, 0.1) is 22.7 Å². The summed E-state index contributed by atoms with van der Waals surface area (Å²) in [4.78, 5) is 12.1. The highest BCUT2D eigenvalue weighted by atomic mass is 16.6. The molecule has 156 valence electrons. The predicted molar refractivity (Wildman–Crippen MR) is 102 cm³/mol. The summed E-state index contributed by atoms with van der Waals surface area (Å²) in [6, 6.07) is 0. The summed E-state index contributed by atoms with van der Waals surface area (Å²) in [5.41, 5.74) is -0.636. The van der Waals surface area contributed by atoms with E-state index in [1.165, 1.54) is 5.57 Å². The fraction of sp³-hybridized carbons (Fsp3) is 0.773. The van der Waals surface area contributed by atoms with Crippen molar-refractivity contribution in [2.24, 2.45) is 22.7 Å². The van der Waals surface area contributed by atoms with Gasteiger partial charge in [0.2, 0.25) is 0 Å². The van der Waals surface area contributed by atoms with E-state index in [2.05, 4.69) is 26.5 Å². The lowest BCUT2D eigenvalue weighted by molar-refractivity contribution is -0.163. The van der Waals surface area contributed by atoms with Crippen LogP contribution in [0.1, 0.15) is 52.9 Å². The van der Waals surface area contributed by atoms with Crippen LogP contribution in [0.3, 0.4) is 0 Å². The molecule has 9 atom stereocenters. The van der Waals surface area contributed by atoms with E-state index in [9.17, 15) is 25.2 Å². The molecule has 3 aliphatic carbocycles. The Morgan fingerprint density at radius 2 is 1.93 bits per heavy atom. The average molecular weight is 392 g/mol. The van der Waals surface area contributed by atoms with Crippen molar-refractivity contribution < 1.29 is 30.0 Å². The van der Waals surface area contributed by atoms with Crippen molar-refractivity contribution in [1.82, 2.24) is 0 Å². The van der Waals surface area contributed by atoms with Gasteiger partial charge >= 0.3 is 5.97 Å². The van der Waals surface area contributed by atoms with E-state index in [4.69, 9.17) is 4.74 Å². The number of carboxylic acids is 1. The lowest BCUT2D eigenvalue weighted by Crippen LogP contribution is -2.56. The number of carboxylic acid groups (broad SMARTS) is 1. The lowest BCUT2D eigenvalue weighted by Gasteiger charge is -2.56. The third kappa shape index (κ3) is 2.44. The highest BCUT2D eigenvalue weighted by molar-refractivity contribution is 5.75. The number of aliphatic hydroxyl groups excluding tert-OH is 3. The second-order valence-corrected chi connectivity index (χ2v) is 9.98. The molecule has 0 bridgehead atoms. The minimum atomic E-state index is -1.22. The van der Waals surface area contributed by atoms with Crippen LogP contribution >= 0.6 is 0 Å². The maximum Gasteiger partial charge on any atom is 0.309 e. The van der Waals surface area contributed by atoms with E-state index in [0.29, 0.717) is 12.8 Å². The Morgan fingerprint density at radius 1 is 1.25 bits per heavy atom. The molecule has 28 heavy (non-hydrogen) atoms. The summed E-state index contributed by atoms with van der Waals surface area (Å²) in [6.07, 6.45) is 1.86. The summed E-state index contributed by atoms with van der Waals surface area (Å²) in [7, 11) is 0. The van der Waals surface area contributed by atoms with E-state index in [1.807, 2.05) is 6.92 Å². The predicted octanol–water partition coefficient (Wildman–Crippen LogP) is 2.03. The summed E-state index contributed by atoms with van der Waals surface area (Å²) in [6.45, 7) is 9.80. The van der Waals surface area contributed by atoms with Crippen molar-refractivity contribution in [3.8, 4) is 0 Å². The second kappa shape index (κ2) is 6.14. The molecular weight excluding hydrogens is 360 g/mol. The molecular formula is C22H32O6. The van der Waals surface area contributed by atoms with Gasteiger partial charge in [-0.2, -0.15) is 0 Å². The van der Waals surface area contributed by atoms with Crippen LogP contribution in [0.15, 0.2) is 23.8 Å². The van der Waals surface area contributed by atoms with Crippen LogP contribution < -0.4 is 0 Å². The molecule has 2 saturated carbocycles. The largest absolute Gasteiger partial charge is 0.481 e. The summed E-state index contributed by atoms with van der Waals surface area (Å²) in [5.74, 6) is -0.719. The number of allylic oxidation sites excluding steroid dienone is 2. The topological polar surface area (TPSA) is 111 Å². The monoisotopic (exact) mass is 392 g/mol. The molecule has 1 aliphatic heterocycles. The summed E-state index contributed by atoms with van der Waals surface area (Å²) in [5, 5.41) is 41.5. The second-order valence-electron chi connectivity index (χ2n) is 9.98. The van der Waals surface area contributed by atoms with E-state index in [0.717, 1.165) is 19.3 Å². The van der Waals surface area contributed by atoms with Crippen LogP contribution in [-0.4, -0.2) is 56.4 Å². The zero-order valence-corrected chi connectivity index (χ0v) is 16.9. The Labute approximate surface area is 165 Å². The normalized spacial score (nSPS) is 53.1. The molecule has 0 radical (unpaired) electrons. The fourth-order valence-electron chi connectivity index (χ4n) is 6.69. The van der Waals surface area contributed by atoms with E-state index in [1.54, 1.807) is 0 Å². The van der Waals surface area contributed by atoms with Gasteiger partial charge in [0, 0.05) is 0 Å². The van der Waals surface area contributed by atoms with Crippen molar-refractivity contribution in [1.29, 1.82) is 0 Å². The van der Waals surface area contributed by atoms with Crippen LogP contribution in [0.2, 0.25) is 0 Å². The highest BCUT2D eigenvalue weighted by Crippen LogP contribution is 2.64. The molecule has 0 aromatic rings. The molecule has 6 nitrogen and oxygen atoms in total. The SMILES string of the molecule is C=C1[C@@H](O)[C@H]2O[C@@]2(CC2C(C)=CCC3C(C)(C(=O)O)CCCC23C)[C@@H](O)[C@H]1O. The van der Waals surface area contributed by atoms with Crippen LogP contribution in [-0.2, 0) is 9.53 Å². The number of hydrogen-bond donors (Lipinski definition) is 4. The summed E-state index contributed by atoms with van der Waals surface area (Å²) < 4.78 is 5.84. The van der Waals surface area contributed by atoms with Gasteiger partial charge in [0.15, 0.2) is 0 Å². The van der Waals surface area contributed by atoms with Crippen molar-refractivity contribution in [3.05, 3.63) is 23.8 Å². The fourth-order valence-corrected chi connectivity index (χ4v) is 6.69. The maximum atomic E-state index is 12.1. The van der Waals surface area contributed by atoms with Crippen LogP contribution in [0.4, 0.5) is 0 Å². The number of aliphatic hydroxyl groups is 3. The van der Waals surface area contributed by atoms with Crippen molar-refractivity contribution >= 4 is 5.97 Å². The molecule has 0 amide bonds. The smallest absolute Gasteiger partial charge is 0.309 e. The number of rotatable bonds is 3. The molecule has 0 spiro atoms. The van der Waals surface area contributed by atoms with E-state index < -0.39 is 41.4 Å². The minimum Gasteiger partial charge on any atom is -0.481 e. The first-order valence-electron chi connectivity index (χ1n) is 10.3. The van der Waals surface area contributed by atoms with Gasteiger partial charge in [-0.3, -0.25) is 4.79 Å². The highest BCUT2D eigenvalue weighted by Gasteiger charge is 2.71. The molecule has 3 fully saturated rings. The third-order valence-electron chi connectivity index (χ3n) is 8.63. The maximum absolute atomic E-state index is 12.1. The van der Waals surface area contributed by atoms with Gasteiger partial charge in [-0.1, -0.05) is 31.6 Å². The van der Waals surface area contributed by atoms with Gasteiger partial charge in [0.25, 0.3) is 0 Å². The number of carbonyl (C=O) groups is 1. The van der Waals surface area contributed by atoms with Gasteiger partial charge in [-0.25, -0.2) is 0 Å². The van der Waals surface area contributed by atoms with Crippen molar-refractivity contribution in [3.63, 3.8) is 0 Å². The van der Waals surface area contributed by atoms with Crippen molar-refractivity contribution in [2.45, 2.75) is 82.9 Å². The standard InChI is InChI=1S/C22H32O6/c1-11-6-7-14-20(3,8-5-9-21(14,4)19(26)27)13(11)10-22-17(25)15(23)12(2)16(24)18(22)28-22/h6,13-18,23-25H,2,5,7-10H2,1,3-4H3,(H,26,27)/t13?,14?,15-,16+,17-,18+,20?,21?,22-/m0/s1. The van der Waals surface area contributed by atoms with Crippen LogP contribution in [0.5, 0.6) is 0 Å². The first-order valence-corrected chi connectivity index (χ1v) is 10.3. The van der Waals surface area contributed by atoms with Gasteiger partial charge in [0.05, 0.1) is 5.41 Å². The molecule has 4 aliphatic rings. The Kier molecular flexibility index (Phi) is 4.41. The Morgan fingerprint density at radius 3 is 2.57 bits per heavy atom. The third-order valence-corrected chi connectivity index (χ3v) is 8.63. The number of fused-ring (bicyclic) bond motifs is 2. The van der Waals surface area contributed by atoms with Crippen LogP contribution in [0.25, 0.3) is 0 Å². The molecule has 6 heteroatoms.